The molecule has 3 rings (SSSR count). The summed E-state index contributed by atoms with van der Waals surface area (Å²) in [7, 11) is 0. The molecule has 2 aromatic carbocycles. The van der Waals surface area contributed by atoms with Gasteiger partial charge in [0.2, 0.25) is 5.91 Å². The molecule has 0 aliphatic rings. The first kappa shape index (κ1) is 14.1. The highest BCUT2D eigenvalue weighted by Crippen LogP contribution is 2.34. The third-order valence-electron chi connectivity index (χ3n) is 3.55. The van der Waals surface area contributed by atoms with E-state index < -0.39 is 12.0 Å². The topological polar surface area (TPSA) is 99.3 Å². The number of aliphatic hydroxyl groups excluding tert-OH is 2. The molecule has 1 heterocycles. The predicted molar refractivity (Wildman–Crippen MR) is 84.1 cm³/mol. The van der Waals surface area contributed by atoms with Crippen LogP contribution in [0.2, 0.25) is 0 Å². The van der Waals surface area contributed by atoms with Crippen LogP contribution in [-0.2, 0) is 0 Å². The summed E-state index contributed by atoms with van der Waals surface area (Å²) in [5.41, 5.74) is 8.08. The highest BCUT2D eigenvalue weighted by atomic mass is 79.9. The highest BCUT2D eigenvalue weighted by molar-refractivity contribution is 9.10. The van der Waals surface area contributed by atoms with Crippen LogP contribution in [-0.4, -0.2) is 27.7 Å². The molecule has 0 saturated heterocycles. The first-order chi connectivity index (χ1) is 10.0. The second kappa shape index (κ2) is 5.14. The zero-order valence-corrected chi connectivity index (χ0v) is 12.5. The number of aliphatic hydroxyl groups is 2. The number of fused-ring (bicyclic) bond motifs is 3. The first-order valence-corrected chi connectivity index (χ1v) is 7.14. The van der Waals surface area contributed by atoms with Gasteiger partial charge in [0.05, 0.1) is 12.2 Å². The van der Waals surface area contributed by atoms with E-state index in [-0.39, 0.29) is 6.61 Å². The van der Waals surface area contributed by atoms with Crippen LogP contribution in [0.5, 0.6) is 0 Å². The number of nitrogens with two attached hydrogens (primary N) is 1. The van der Waals surface area contributed by atoms with E-state index >= 15 is 0 Å². The Morgan fingerprint density at radius 3 is 2.71 bits per heavy atom. The molecule has 108 valence electrons. The van der Waals surface area contributed by atoms with Crippen LogP contribution in [0.3, 0.4) is 0 Å². The fourth-order valence-electron chi connectivity index (χ4n) is 2.47. The van der Waals surface area contributed by atoms with E-state index in [0.717, 1.165) is 21.8 Å². The standard InChI is InChI=1S/C15H13BrN2O3/c16-14-9(15(17)21)3-4-10-13(14)8-2-1-7(12(20)6-19)5-11(8)18-10/h1-5,12,18-20H,6H2,(H2,17,21). The number of aromatic nitrogens is 1. The SMILES string of the molecule is NC(=O)c1ccc2[nH]c3cc(C(O)CO)ccc3c2c1Br. The van der Waals surface area contributed by atoms with E-state index in [1.54, 1.807) is 24.3 Å². The largest absolute Gasteiger partial charge is 0.393 e. The van der Waals surface area contributed by atoms with Crippen LogP contribution >= 0.6 is 15.9 Å². The van der Waals surface area contributed by atoms with Gasteiger partial charge in [0.25, 0.3) is 0 Å². The van der Waals surface area contributed by atoms with Crippen molar-refractivity contribution in [2.24, 2.45) is 5.73 Å². The molecule has 6 heteroatoms. The predicted octanol–water partition coefficient (Wildman–Crippen LogP) is 2.21. The molecule has 5 nitrogen and oxygen atoms in total. The van der Waals surface area contributed by atoms with E-state index in [0.29, 0.717) is 15.6 Å². The number of halogens is 1. The van der Waals surface area contributed by atoms with E-state index in [4.69, 9.17) is 10.8 Å². The number of rotatable bonds is 3. The molecule has 1 amide bonds. The Morgan fingerprint density at radius 1 is 1.29 bits per heavy atom. The Bertz CT molecular complexity index is 857. The zero-order valence-electron chi connectivity index (χ0n) is 10.9. The average molecular weight is 349 g/mol. The summed E-state index contributed by atoms with van der Waals surface area (Å²) in [5.74, 6) is -0.495. The molecule has 0 aliphatic carbocycles. The van der Waals surface area contributed by atoms with Gasteiger partial charge in [0, 0.05) is 26.3 Å². The fourth-order valence-corrected chi connectivity index (χ4v) is 3.23. The molecule has 21 heavy (non-hydrogen) atoms. The number of benzene rings is 2. The van der Waals surface area contributed by atoms with Gasteiger partial charge in [-0.15, -0.1) is 0 Å². The minimum atomic E-state index is -0.912. The number of nitrogens with one attached hydrogen (secondary N) is 1. The number of amides is 1. The van der Waals surface area contributed by atoms with Crippen molar-refractivity contribution in [3.05, 3.63) is 45.9 Å². The maximum atomic E-state index is 11.4. The summed E-state index contributed by atoms with van der Waals surface area (Å²) < 4.78 is 0.647. The summed E-state index contributed by atoms with van der Waals surface area (Å²) in [6.07, 6.45) is -0.912. The maximum Gasteiger partial charge on any atom is 0.249 e. The van der Waals surface area contributed by atoms with Crippen LogP contribution < -0.4 is 5.73 Å². The van der Waals surface area contributed by atoms with Gasteiger partial charge in [-0.25, -0.2) is 0 Å². The van der Waals surface area contributed by atoms with Gasteiger partial charge in [0.15, 0.2) is 0 Å². The molecule has 1 atom stereocenters. The van der Waals surface area contributed by atoms with Crippen molar-refractivity contribution in [2.75, 3.05) is 6.61 Å². The normalized spacial score (nSPS) is 12.9. The van der Waals surface area contributed by atoms with E-state index in [9.17, 15) is 9.90 Å². The van der Waals surface area contributed by atoms with Crippen molar-refractivity contribution in [2.45, 2.75) is 6.10 Å². The first-order valence-electron chi connectivity index (χ1n) is 6.35. The summed E-state index contributed by atoms with van der Waals surface area (Å²) >= 11 is 3.43. The Hall–Kier alpha value is -1.89. The quantitative estimate of drug-likeness (QED) is 0.583. The molecule has 1 unspecified atom stereocenters. The molecule has 3 aromatic rings. The minimum Gasteiger partial charge on any atom is -0.393 e. The molecule has 0 radical (unpaired) electrons. The van der Waals surface area contributed by atoms with E-state index in [2.05, 4.69) is 20.9 Å². The second-order valence-corrected chi connectivity index (χ2v) is 5.64. The molecule has 0 spiro atoms. The minimum absolute atomic E-state index is 0.332. The van der Waals surface area contributed by atoms with Gasteiger partial charge in [0.1, 0.15) is 6.10 Å². The average Bonchev–Trinajstić information content (AvgIpc) is 2.84. The van der Waals surface area contributed by atoms with Crippen LogP contribution in [0.25, 0.3) is 21.8 Å². The molecule has 0 bridgehead atoms. The molecule has 5 N–H and O–H groups in total. The maximum absolute atomic E-state index is 11.4. The number of H-pyrrole nitrogens is 1. The van der Waals surface area contributed by atoms with Crippen molar-refractivity contribution in [1.29, 1.82) is 0 Å². The third kappa shape index (κ3) is 2.21. The van der Waals surface area contributed by atoms with Crippen molar-refractivity contribution in [1.82, 2.24) is 4.98 Å². The summed E-state index contributed by atoms with van der Waals surface area (Å²) in [4.78, 5) is 14.7. The van der Waals surface area contributed by atoms with Crippen LogP contribution in [0.15, 0.2) is 34.8 Å². The molecule has 0 saturated carbocycles. The Balaban J connectivity index is 2.31. The van der Waals surface area contributed by atoms with Gasteiger partial charge < -0.3 is 20.9 Å². The summed E-state index contributed by atoms with van der Waals surface area (Å²) in [6, 6.07) is 8.83. The lowest BCUT2D eigenvalue weighted by atomic mass is 10.1. The van der Waals surface area contributed by atoms with Gasteiger partial charge in [-0.05, 0) is 39.7 Å². The van der Waals surface area contributed by atoms with E-state index in [1.807, 2.05) is 6.07 Å². The smallest absolute Gasteiger partial charge is 0.249 e. The lowest BCUT2D eigenvalue weighted by Crippen LogP contribution is -2.11. The zero-order chi connectivity index (χ0) is 15.1. The van der Waals surface area contributed by atoms with Crippen LogP contribution in [0.1, 0.15) is 22.0 Å². The van der Waals surface area contributed by atoms with Crippen molar-refractivity contribution in [3.8, 4) is 0 Å². The number of primary amides is 1. The number of aromatic amines is 1. The Morgan fingerprint density at radius 2 is 2.05 bits per heavy atom. The molecular formula is C15H13BrN2O3. The summed E-state index contributed by atoms with van der Waals surface area (Å²) in [5, 5.41) is 20.5. The number of carbonyl (C=O) groups is 1. The number of carbonyl (C=O) groups excluding carboxylic acids is 1. The highest BCUT2D eigenvalue weighted by Gasteiger charge is 2.15. The van der Waals surface area contributed by atoms with Crippen LogP contribution in [0.4, 0.5) is 0 Å². The van der Waals surface area contributed by atoms with Crippen molar-refractivity contribution in [3.63, 3.8) is 0 Å². The van der Waals surface area contributed by atoms with E-state index in [1.165, 1.54) is 0 Å². The second-order valence-electron chi connectivity index (χ2n) is 4.84. The molecular weight excluding hydrogens is 336 g/mol. The monoisotopic (exact) mass is 348 g/mol. The van der Waals surface area contributed by atoms with Crippen LogP contribution in [0, 0.1) is 0 Å². The Labute approximate surface area is 128 Å². The Kier molecular flexibility index (Phi) is 3.44. The fraction of sp³-hybridized carbons (Fsp3) is 0.133. The number of hydrogen-bond donors (Lipinski definition) is 4. The lowest BCUT2D eigenvalue weighted by Gasteiger charge is -2.07. The third-order valence-corrected chi connectivity index (χ3v) is 4.37. The van der Waals surface area contributed by atoms with Gasteiger partial charge in [-0.2, -0.15) is 0 Å². The molecule has 0 aliphatic heterocycles. The lowest BCUT2D eigenvalue weighted by molar-refractivity contribution is 0.0957. The van der Waals surface area contributed by atoms with Gasteiger partial charge in [-0.1, -0.05) is 12.1 Å². The van der Waals surface area contributed by atoms with Gasteiger partial charge in [-0.3, -0.25) is 4.79 Å². The molecule has 1 aromatic heterocycles. The number of hydrogen-bond acceptors (Lipinski definition) is 3. The van der Waals surface area contributed by atoms with Crippen molar-refractivity contribution >= 4 is 43.6 Å². The molecule has 0 fully saturated rings. The summed E-state index contributed by atoms with van der Waals surface area (Å²) in [6.45, 7) is -0.332. The van der Waals surface area contributed by atoms with Crippen molar-refractivity contribution < 1.29 is 15.0 Å². The van der Waals surface area contributed by atoms with Gasteiger partial charge >= 0.3 is 0 Å².